The van der Waals surface area contributed by atoms with Crippen LogP contribution in [0.1, 0.15) is 23.7 Å². The van der Waals surface area contributed by atoms with Gasteiger partial charge in [0.15, 0.2) is 0 Å². The van der Waals surface area contributed by atoms with Gasteiger partial charge < -0.3 is 9.88 Å². The second kappa shape index (κ2) is 4.59. The SMILES string of the molecule is CCn1ccnc1C(NC)c1cccs1. The molecule has 0 saturated heterocycles. The predicted octanol–water partition coefficient (Wildman–Crippen LogP) is 2.27. The van der Waals surface area contributed by atoms with E-state index < -0.39 is 0 Å². The van der Waals surface area contributed by atoms with Crippen molar-refractivity contribution in [3.05, 3.63) is 40.6 Å². The van der Waals surface area contributed by atoms with Gasteiger partial charge in [0, 0.05) is 23.8 Å². The number of thiophene rings is 1. The highest BCUT2D eigenvalue weighted by Crippen LogP contribution is 2.24. The Morgan fingerprint density at radius 3 is 3.07 bits per heavy atom. The van der Waals surface area contributed by atoms with Gasteiger partial charge in [0.2, 0.25) is 0 Å². The van der Waals surface area contributed by atoms with Gasteiger partial charge in [-0.1, -0.05) is 6.07 Å². The molecule has 1 atom stereocenters. The van der Waals surface area contributed by atoms with E-state index in [0.717, 1.165) is 12.4 Å². The van der Waals surface area contributed by atoms with Crippen LogP contribution < -0.4 is 5.32 Å². The number of rotatable bonds is 4. The zero-order valence-corrected chi connectivity index (χ0v) is 9.79. The van der Waals surface area contributed by atoms with Gasteiger partial charge in [0.05, 0.1) is 0 Å². The highest BCUT2D eigenvalue weighted by molar-refractivity contribution is 7.10. The molecular weight excluding hydrogens is 206 g/mol. The van der Waals surface area contributed by atoms with E-state index >= 15 is 0 Å². The Hall–Kier alpha value is -1.13. The minimum absolute atomic E-state index is 0.208. The first-order valence-corrected chi connectivity index (χ1v) is 5.96. The van der Waals surface area contributed by atoms with E-state index in [9.17, 15) is 0 Å². The molecule has 0 aliphatic heterocycles. The zero-order valence-electron chi connectivity index (χ0n) is 8.97. The van der Waals surface area contributed by atoms with Crippen molar-refractivity contribution in [2.45, 2.75) is 19.5 Å². The minimum atomic E-state index is 0.208. The van der Waals surface area contributed by atoms with Gasteiger partial charge in [-0.3, -0.25) is 0 Å². The van der Waals surface area contributed by atoms with E-state index in [1.165, 1.54) is 4.88 Å². The molecule has 2 aromatic heterocycles. The molecular formula is C11H15N3S. The smallest absolute Gasteiger partial charge is 0.131 e. The van der Waals surface area contributed by atoms with Crippen LogP contribution in [0.5, 0.6) is 0 Å². The van der Waals surface area contributed by atoms with Crippen molar-refractivity contribution in [1.82, 2.24) is 14.9 Å². The summed E-state index contributed by atoms with van der Waals surface area (Å²) in [5.74, 6) is 1.09. The molecule has 0 spiro atoms. The van der Waals surface area contributed by atoms with Crippen molar-refractivity contribution >= 4 is 11.3 Å². The summed E-state index contributed by atoms with van der Waals surface area (Å²) < 4.78 is 2.17. The molecule has 0 aliphatic rings. The maximum absolute atomic E-state index is 4.42. The van der Waals surface area contributed by atoms with Crippen LogP contribution in [0.4, 0.5) is 0 Å². The van der Waals surface area contributed by atoms with Crippen molar-refractivity contribution in [3.8, 4) is 0 Å². The molecule has 0 saturated carbocycles. The molecule has 0 amide bonds. The third-order valence-corrected chi connectivity index (χ3v) is 3.40. The first-order valence-electron chi connectivity index (χ1n) is 5.08. The summed E-state index contributed by atoms with van der Waals surface area (Å²) >= 11 is 1.76. The van der Waals surface area contributed by atoms with Gasteiger partial charge in [-0.2, -0.15) is 0 Å². The van der Waals surface area contributed by atoms with Crippen LogP contribution in [-0.2, 0) is 6.54 Å². The number of nitrogens with one attached hydrogen (secondary N) is 1. The van der Waals surface area contributed by atoms with Crippen molar-refractivity contribution in [2.75, 3.05) is 7.05 Å². The van der Waals surface area contributed by atoms with Crippen LogP contribution in [-0.4, -0.2) is 16.6 Å². The summed E-state index contributed by atoms with van der Waals surface area (Å²) in [6.07, 6.45) is 3.88. The molecule has 0 fully saturated rings. The zero-order chi connectivity index (χ0) is 10.7. The van der Waals surface area contributed by atoms with Crippen molar-refractivity contribution < 1.29 is 0 Å². The minimum Gasteiger partial charge on any atom is -0.334 e. The summed E-state index contributed by atoms with van der Waals surface area (Å²) in [4.78, 5) is 5.73. The predicted molar refractivity (Wildman–Crippen MR) is 63.1 cm³/mol. The van der Waals surface area contributed by atoms with E-state index in [2.05, 4.69) is 39.3 Å². The number of hydrogen-bond acceptors (Lipinski definition) is 3. The number of nitrogens with zero attached hydrogens (tertiary/aromatic N) is 2. The molecule has 0 aromatic carbocycles. The molecule has 2 heterocycles. The van der Waals surface area contributed by atoms with Gasteiger partial charge in [0.25, 0.3) is 0 Å². The number of aryl methyl sites for hydroxylation is 1. The monoisotopic (exact) mass is 221 g/mol. The normalized spacial score (nSPS) is 12.9. The molecule has 4 heteroatoms. The lowest BCUT2D eigenvalue weighted by atomic mass is 10.2. The summed E-state index contributed by atoms with van der Waals surface area (Å²) in [6.45, 7) is 3.09. The molecule has 1 unspecified atom stereocenters. The van der Waals surface area contributed by atoms with Crippen LogP contribution in [0.2, 0.25) is 0 Å². The summed E-state index contributed by atoms with van der Waals surface area (Å²) in [5.41, 5.74) is 0. The Bertz CT molecular complexity index is 405. The van der Waals surface area contributed by atoms with Gasteiger partial charge in [-0.05, 0) is 25.4 Å². The quantitative estimate of drug-likeness (QED) is 0.858. The van der Waals surface area contributed by atoms with E-state index in [4.69, 9.17) is 0 Å². The highest BCUT2D eigenvalue weighted by Gasteiger charge is 2.17. The number of imidazole rings is 1. The molecule has 3 nitrogen and oxygen atoms in total. The molecule has 0 bridgehead atoms. The Balaban J connectivity index is 2.35. The summed E-state index contributed by atoms with van der Waals surface area (Å²) in [5, 5.41) is 5.40. The largest absolute Gasteiger partial charge is 0.334 e. The fourth-order valence-corrected chi connectivity index (χ4v) is 2.53. The van der Waals surface area contributed by atoms with Crippen LogP contribution in [0.3, 0.4) is 0 Å². The number of aromatic nitrogens is 2. The van der Waals surface area contributed by atoms with Crippen LogP contribution in [0, 0.1) is 0 Å². The third-order valence-electron chi connectivity index (χ3n) is 2.46. The molecule has 2 rings (SSSR count). The summed E-state index contributed by atoms with van der Waals surface area (Å²) in [7, 11) is 1.97. The molecule has 2 aromatic rings. The fraction of sp³-hybridized carbons (Fsp3) is 0.364. The average Bonchev–Trinajstić information content (AvgIpc) is 2.89. The second-order valence-corrected chi connectivity index (χ2v) is 4.29. The highest BCUT2D eigenvalue weighted by atomic mass is 32.1. The molecule has 15 heavy (non-hydrogen) atoms. The van der Waals surface area contributed by atoms with Gasteiger partial charge in [-0.25, -0.2) is 4.98 Å². The lowest BCUT2D eigenvalue weighted by Gasteiger charge is -2.15. The lowest BCUT2D eigenvalue weighted by Crippen LogP contribution is -2.20. The molecule has 1 N–H and O–H groups in total. The molecule has 0 aliphatic carbocycles. The fourth-order valence-electron chi connectivity index (χ4n) is 1.70. The van der Waals surface area contributed by atoms with Crippen molar-refractivity contribution in [3.63, 3.8) is 0 Å². The lowest BCUT2D eigenvalue weighted by molar-refractivity contribution is 0.597. The van der Waals surface area contributed by atoms with Crippen molar-refractivity contribution in [2.24, 2.45) is 0 Å². The van der Waals surface area contributed by atoms with Crippen LogP contribution >= 0.6 is 11.3 Å². The van der Waals surface area contributed by atoms with E-state index in [0.29, 0.717) is 0 Å². The topological polar surface area (TPSA) is 29.9 Å². The van der Waals surface area contributed by atoms with Crippen LogP contribution in [0.15, 0.2) is 29.9 Å². The number of hydrogen-bond donors (Lipinski definition) is 1. The van der Waals surface area contributed by atoms with E-state index in [-0.39, 0.29) is 6.04 Å². The van der Waals surface area contributed by atoms with Gasteiger partial charge in [0.1, 0.15) is 11.9 Å². The van der Waals surface area contributed by atoms with Crippen molar-refractivity contribution in [1.29, 1.82) is 0 Å². The maximum atomic E-state index is 4.42. The maximum Gasteiger partial charge on any atom is 0.131 e. The molecule has 80 valence electrons. The second-order valence-electron chi connectivity index (χ2n) is 3.31. The molecule has 0 radical (unpaired) electrons. The first kappa shape index (κ1) is 10.4. The Kier molecular flexibility index (Phi) is 3.18. The van der Waals surface area contributed by atoms with E-state index in [1.54, 1.807) is 11.3 Å². The Morgan fingerprint density at radius 1 is 1.60 bits per heavy atom. The van der Waals surface area contributed by atoms with Crippen LogP contribution in [0.25, 0.3) is 0 Å². The first-order chi connectivity index (χ1) is 7.36. The van der Waals surface area contributed by atoms with Gasteiger partial charge >= 0.3 is 0 Å². The average molecular weight is 221 g/mol. The summed E-state index contributed by atoms with van der Waals surface area (Å²) in [6, 6.07) is 4.42. The standard InChI is InChI=1S/C11H15N3S/c1-3-14-7-6-13-11(14)10(12-2)9-5-4-8-15-9/h4-8,10,12H,3H2,1-2H3. The Labute approximate surface area is 93.8 Å². The third kappa shape index (κ3) is 1.96. The Morgan fingerprint density at radius 2 is 2.47 bits per heavy atom. The van der Waals surface area contributed by atoms with Gasteiger partial charge in [-0.15, -0.1) is 11.3 Å². The van der Waals surface area contributed by atoms with E-state index in [1.807, 2.05) is 19.4 Å².